The lowest BCUT2D eigenvalue weighted by Gasteiger charge is -2.42. The van der Waals surface area contributed by atoms with Crippen molar-refractivity contribution in [3.8, 4) is 5.75 Å². The van der Waals surface area contributed by atoms with Crippen molar-refractivity contribution in [2.45, 2.75) is 58.4 Å². The first-order chi connectivity index (χ1) is 18.3. The molecular weight excluding hydrogens is 501 g/mol. The second kappa shape index (κ2) is 11.1. The Kier molecular flexibility index (Phi) is 7.80. The molecule has 2 aliphatic heterocycles. The van der Waals surface area contributed by atoms with Gasteiger partial charge in [-0.1, -0.05) is 60.4 Å². The molecule has 0 spiro atoms. The van der Waals surface area contributed by atoms with Crippen LogP contribution in [-0.2, 0) is 14.2 Å². The zero-order chi connectivity index (χ0) is 27.0. The number of imide groups is 1. The zero-order valence-corrected chi connectivity index (χ0v) is 22.5. The average Bonchev–Trinajstić information content (AvgIpc) is 3.13. The molecule has 2 aromatic carbocycles. The van der Waals surface area contributed by atoms with E-state index < -0.39 is 19.0 Å². The molecule has 5 rings (SSSR count). The van der Waals surface area contributed by atoms with Crippen molar-refractivity contribution in [2.24, 2.45) is 17.8 Å². The van der Waals surface area contributed by atoms with Crippen molar-refractivity contribution in [3.05, 3.63) is 75.8 Å². The van der Waals surface area contributed by atoms with Crippen LogP contribution in [0, 0.1) is 17.8 Å². The van der Waals surface area contributed by atoms with Gasteiger partial charge in [-0.2, -0.15) is 0 Å². The second-order valence-electron chi connectivity index (χ2n) is 10.6. The number of nitrogens with zero attached hydrogens (tertiary/aromatic N) is 1. The fourth-order valence-electron chi connectivity index (χ4n) is 6.51. The monoisotopic (exact) mass is 533 g/mol. The summed E-state index contributed by atoms with van der Waals surface area (Å²) < 4.78 is 6.07. The standard InChI is InChI=1S/C30H33BClNO5/c1-3-7-19(15-20-11-12-22(34)16-25(20)32)10-13-26-27-18(2)14-23-28(24(27)17-31(37)38-26)30(36)33(29(23)35)21-8-5-4-6-9-21/h4-6,8-9,11-12,15-16,23-24,26,28,34,37H,3,7,10,13-14,17H2,1-2H3/b19-15+/t23-,24+,26-,28-/m1/s1. The first kappa shape index (κ1) is 26.7. The van der Waals surface area contributed by atoms with Crippen molar-refractivity contribution in [2.75, 3.05) is 4.90 Å². The van der Waals surface area contributed by atoms with Crippen LogP contribution in [0.25, 0.3) is 6.08 Å². The number of hydrogen-bond acceptors (Lipinski definition) is 5. The number of phenolic OH excluding ortho intramolecular Hbond substituents is 1. The predicted octanol–water partition coefficient (Wildman–Crippen LogP) is 6.03. The van der Waals surface area contributed by atoms with Crippen LogP contribution in [0.1, 0.15) is 51.5 Å². The molecule has 0 bridgehead atoms. The third kappa shape index (κ3) is 5.07. The molecule has 4 atom stereocenters. The van der Waals surface area contributed by atoms with E-state index in [0.717, 1.165) is 36.0 Å². The van der Waals surface area contributed by atoms with Crippen LogP contribution in [0.3, 0.4) is 0 Å². The maximum absolute atomic E-state index is 13.7. The Morgan fingerprint density at radius 3 is 2.61 bits per heavy atom. The van der Waals surface area contributed by atoms with Crippen LogP contribution in [0.5, 0.6) is 5.75 Å². The normalized spacial score (nSPS) is 25.6. The molecule has 198 valence electrons. The van der Waals surface area contributed by atoms with Crippen molar-refractivity contribution in [3.63, 3.8) is 0 Å². The van der Waals surface area contributed by atoms with Gasteiger partial charge < -0.3 is 14.8 Å². The Morgan fingerprint density at radius 2 is 1.89 bits per heavy atom. The number of carbonyl (C=O) groups excluding carboxylic acids is 2. The van der Waals surface area contributed by atoms with E-state index in [0.29, 0.717) is 29.9 Å². The number of fused-ring (bicyclic) bond motifs is 3. The van der Waals surface area contributed by atoms with Gasteiger partial charge in [0, 0.05) is 0 Å². The Labute approximate surface area is 229 Å². The van der Waals surface area contributed by atoms with Gasteiger partial charge in [0.2, 0.25) is 11.8 Å². The minimum atomic E-state index is -0.987. The van der Waals surface area contributed by atoms with Crippen molar-refractivity contribution < 1.29 is 24.4 Å². The summed E-state index contributed by atoms with van der Waals surface area (Å²) in [5.74, 6) is -1.32. The molecule has 6 nitrogen and oxygen atoms in total. The topological polar surface area (TPSA) is 87.1 Å². The molecule has 2 heterocycles. The lowest BCUT2D eigenvalue weighted by Crippen LogP contribution is -2.46. The molecule has 8 heteroatoms. The van der Waals surface area contributed by atoms with E-state index in [1.165, 1.54) is 16.5 Å². The summed E-state index contributed by atoms with van der Waals surface area (Å²) in [5.41, 5.74) is 4.82. The summed E-state index contributed by atoms with van der Waals surface area (Å²) in [4.78, 5) is 28.4. The molecule has 0 radical (unpaired) electrons. The van der Waals surface area contributed by atoms with Crippen molar-refractivity contribution in [1.29, 1.82) is 0 Å². The van der Waals surface area contributed by atoms with Gasteiger partial charge in [-0.15, -0.1) is 0 Å². The zero-order valence-electron chi connectivity index (χ0n) is 21.8. The number of anilines is 1. The van der Waals surface area contributed by atoms with E-state index >= 15 is 0 Å². The van der Waals surface area contributed by atoms with Crippen molar-refractivity contribution >= 4 is 42.3 Å². The number of rotatable bonds is 7. The highest BCUT2D eigenvalue weighted by Gasteiger charge is 2.57. The summed E-state index contributed by atoms with van der Waals surface area (Å²) in [7, 11) is -0.987. The Bertz CT molecular complexity index is 1290. The smallest absolute Gasteiger partial charge is 0.455 e. The Hall–Kier alpha value is -2.87. The molecular formula is C30H33BClNO5. The highest BCUT2D eigenvalue weighted by atomic mass is 35.5. The Balaban J connectivity index is 1.40. The van der Waals surface area contributed by atoms with Crippen LogP contribution in [0.4, 0.5) is 5.69 Å². The highest BCUT2D eigenvalue weighted by molar-refractivity contribution is 6.43. The number of carbonyl (C=O) groups is 2. The molecule has 0 unspecified atom stereocenters. The van der Waals surface area contributed by atoms with Gasteiger partial charge in [-0.05, 0) is 86.3 Å². The van der Waals surface area contributed by atoms with E-state index in [1.807, 2.05) is 25.1 Å². The van der Waals surface area contributed by atoms with Gasteiger partial charge in [0.25, 0.3) is 0 Å². The summed E-state index contributed by atoms with van der Waals surface area (Å²) in [6, 6.07) is 14.1. The van der Waals surface area contributed by atoms with E-state index in [2.05, 4.69) is 13.0 Å². The quantitative estimate of drug-likeness (QED) is 0.258. The third-order valence-corrected chi connectivity index (χ3v) is 8.44. The third-order valence-electron chi connectivity index (χ3n) is 8.11. The van der Waals surface area contributed by atoms with Crippen LogP contribution in [0.15, 0.2) is 65.3 Å². The van der Waals surface area contributed by atoms with E-state index in [1.54, 1.807) is 24.3 Å². The SMILES string of the molecule is CCC/C(=C\c1ccc(O)cc1Cl)CC[C@H]1OB(O)C[C@H]2C1=C(C)C[C@H]1C(=O)N(c3ccccc3)C(=O)[C@H]12. The van der Waals surface area contributed by atoms with Crippen LogP contribution in [0.2, 0.25) is 11.3 Å². The van der Waals surface area contributed by atoms with E-state index in [-0.39, 0.29) is 29.6 Å². The van der Waals surface area contributed by atoms with E-state index in [9.17, 15) is 19.7 Å². The number of para-hydroxylation sites is 1. The Morgan fingerprint density at radius 1 is 1.13 bits per heavy atom. The maximum atomic E-state index is 13.7. The van der Waals surface area contributed by atoms with Gasteiger partial charge >= 0.3 is 7.12 Å². The molecule has 2 N–H and O–H groups in total. The molecule has 2 amide bonds. The summed E-state index contributed by atoms with van der Waals surface area (Å²) in [5, 5.41) is 20.9. The number of halogens is 1. The largest absolute Gasteiger partial charge is 0.508 e. The van der Waals surface area contributed by atoms with Gasteiger partial charge in [0.15, 0.2) is 0 Å². The first-order valence-corrected chi connectivity index (χ1v) is 13.8. The summed E-state index contributed by atoms with van der Waals surface area (Å²) in [6.07, 6.45) is 5.83. The molecule has 0 aromatic heterocycles. The maximum Gasteiger partial charge on any atom is 0.455 e. The van der Waals surface area contributed by atoms with Crippen LogP contribution < -0.4 is 4.90 Å². The molecule has 1 aliphatic carbocycles. The van der Waals surface area contributed by atoms with Gasteiger partial charge in [0.05, 0.1) is 28.6 Å². The highest BCUT2D eigenvalue weighted by Crippen LogP contribution is 2.51. The lowest BCUT2D eigenvalue weighted by atomic mass is 9.58. The van der Waals surface area contributed by atoms with Gasteiger partial charge in [0.1, 0.15) is 5.75 Å². The number of allylic oxidation sites excluding steroid dienone is 2. The van der Waals surface area contributed by atoms with Gasteiger partial charge in [-0.25, -0.2) is 0 Å². The number of aromatic hydroxyl groups is 1. The summed E-state index contributed by atoms with van der Waals surface area (Å²) >= 11 is 6.35. The molecule has 2 aromatic rings. The molecule has 0 saturated carbocycles. The number of benzene rings is 2. The number of hydrogen-bond donors (Lipinski definition) is 2. The first-order valence-electron chi connectivity index (χ1n) is 13.4. The number of phenols is 1. The minimum Gasteiger partial charge on any atom is -0.508 e. The minimum absolute atomic E-state index is 0.128. The predicted molar refractivity (Wildman–Crippen MR) is 150 cm³/mol. The molecule has 3 aliphatic rings. The van der Waals surface area contributed by atoms with Crippen molar-refractivity contribution in [1.82, 2.24) is 0 Å². The van der Waals surface area contributed by atoms with E-state index in [4.69, 9.17) is 16.3 Å². The second-order valence-corrected chi connectivity index (χ2v) is 11.0. The molecule has 38 heavy (non-hydrogen) atoms. The fraction of sp³-hybridized carbons (Fsp3) is 0.400. The average molecular weight is 534 g/mol. The summed E-state index contributed by atoms with van der Waals surface area (Å²) in [6.45, 7) is 4.16. The molecule has 2 saturated heterocycles. The number of amides is 2. The van der Waals surface area contributed by atoms with Gasteiger partial charge in [-0.3, -0.25) is 14.5 Å². The van der Waals surface area contributed by atoms with Crippen LogP contribution >= 0.6 is 11.6 Å². The lowest BCUT2D eigenvalue weighted by molar-refractivity contribution is -0.122. The fourth-order valence-corrected chi connectivity index (χ4v) is 6.74. The van der Waals surface area contributed by atoms with Crippen LogP contribution in [-0.4, -0.2) is 35.2 Å². The molecule has 2 fully saturated rings.